The van der Waals surface area contributed by atoms with Crippen LogP contribution in [0.1, 0.15) is 22.0 Å². The Morgan fingerprint density at radius 2 is 1.61 bits per heavy atom. The van der Waals surface area contributed by atoms with Crippen LogP contribution in [0.2, 0.25) is 0 Å². The van der Waals surface area contributed by atoms with E-state index in [1.165, 1.54) is 16.7 Å². The van der Waals surface area contributed by atoms with Gasteiger partial charge in [-0.3, -0.25) is 4.79 Å². The second-order valence-corrected chi connectivity index (χ2v) is 5.98. The number of esters is 1. The normalized spacial score (nSPS) is 11.6. The molecule has 0 aliphatic heterocycles. The molecule has 0 saturated heterocycles. The smallest absolute Gasteiger partial charge is 0.340 e. The third kappa shape index (κ3) is 4.13. The molecule has 0 aliphatic rings. The number of likely N-dealkylation sites (N-methyl/N-ethyl adjacent to an activating group) is 1. The van der Waals surface area contributed by atoms with Gasteiger partial charge >= 0.3 is 5.97 Å². The van der Waals surface area contributed by atoms with Gasteiger partial charge in [0.2, 0.25) is 6.10 Å². The van der Waals surface area contributed by atoms with Crippen LogP contribution in [0.5, 0.6) is 0 Å². The average Bonchev–Trinajstić information content (AvgIpc) is 2.59. The highest BCUT2D eigenvalue weighted by Gasteiger charge is 2.27. The lowest BCUT2D eigenvalue weighted by molar-refractivity contribution is -0.138. The van der Waals surface area contributed by atoms with Gasteiger partial charge in [0, 0.05) is 24.6 Å². The summed E-state index contributed by atoms with van der Waals surface area (Å²) in [4.78, 5) is 27.2. The van der Waals surface area contributed by atoms with Crippen LogP contribution in [-0.4, -0.2) is 37.1 Å². The first kappa shape index (κ1) is 17.1. The monoisotopic (exact) mass is 329 g/mol. The highest BCUT2D eigenvalue weighted by atomic mass is 32.2. The van der Waals surface area contributed by atoms with Crippen LogP contribution in [0.3, 0.4) is 0 Å². The van der Waals surface area contributed by atoms with Gasteiger partial charge in [-0.15, -0.1) is 11.8 Å². The molecule has 120 valence electrons. The molecule has 0 aliphatic carbocycles. The Morgan fingerprint density at radius 3 is 2.22 bits per heavy atom. The Balaban J connectivity index is 2.31. The summed E-state index contributed by atoms with van der Waals surface area (Å²) in [6.45, 7) is 0. The molecular formula is C18H19NO3S. The zero-order valence-corrected chi connectivity index (χ0v) is 14.2. The predicted octanol–water partition coefficient (Wildman–Crippen LogP) is 3.39. The van der Waals surface area contributed by atoms with Gasteiger partial charge < -0.3 is 9.64 Å². The van der Waals surface area contributed by atoms with Gasteiger partial charge in [-0.1, -0.05) is 42.5 Å². The van der Waals surface area contributed by atoms with Crippen molar-refractivity contribution in [3.63, 3.8) is 0 Å². The SMILES string of the molecule is CSc1ccccc1C(=O)O[C@H](C(=O)N(C)C)c1ccccc1. The summed E-state index contributed by atoms with van der Waals surface area (Å²) in [6, 6.07) is 16.2. The topological polar surface area (TPSA) is 46.6 Å². The van der Waals surface area contributed by atoms with Crippen molar-refractivity contribution >= 4 is 23.6 Å². The summed E-state index contributed by atoms with van der Waals surface area (Å²) in [5.41, 5.74) is 1.12. The summed E-state index contributed by atoms with van der Waals surface area (Å²) in [7, 11) is 3.28. The highest BCUT2D eigenvalue weighted by molar-refractivity contribution is 7.98. The standard InChI is InChI=1S/C18H19NO3S/c1-19(2)17(20)16(13-9-5-4-6-10-13)22-18(21)14-11-7-8-12-15(14)23-3/h4-12,16H,1-3H3/t16-/m0/s1. The molecule has 0 unspecified atom stereocenters. The molecule has 1 atom stereocenters. The minimum atomic E-state index is -0.950. The molecule has 2 aromatic carbocycles. The summed E-state index contributed by atoms with van der Waals surface area (Å²) < 4.78 is 5.54. The lowest BCUT2D eigenvalue weighted by Gasteiger charge is -2.21. The minimum absolute atomic E-state index is 0.272. The Hall–Kier alpha value is -2.27. The molecule has 0 radical (unpaired) electrons. The highest BCUT2D eigenvalue weighted by Crippen LogP contribution is 2.25. The molecule has 0 bridgehead atoms. The molecule has 2 aromatic rings. The number of rotatable bonds is 5. The second kappa shape index (κ2) is 7.83. The molecule has 0 aromatic heterocycles. The van der Waals surface area contributed by atoms with Crippen LogP contribution in [0.4, 0.5) is 0 Å². The molecule has 23 heavy (non-hydrogen) atoms. The van der Waals surface area contributed by atoms with Gasteiger partial charge in [0.1, 0.15) is 0 Å². The number of thioether (sulfide) groups is 1. The first-order valence-corrected chi connectivity index (χ1v) is 8.37. The van der Waals surface area contributed by atoms with E-state index in [4.69, 9.17) is 4.74 Å². The maximum atomic E-state index is 12.5. The van der Waals surface area contributed by atoms with E-state index < -0.39 is 12.1 Å². The van der Waals surface area contributed by atoms with Gasteiger partial charge in [0.05, 0.1) is 5.56 Å². The zero-order valence-electron chi connectivity index (χ0n) is 13.4. The fraction of sp³-hybridized carbons (Fsp3) is 0.222. The van der Waals surface area contributed by atoms with E-state index in [2.05, 4.69) is 0 Å². The number of benzene rings is 2. The lowest BCUT2D eigenvalue weighted by Crippen LogP contribution is -2.31. The molecule has 0 saturated carbocycles. The van der Waals surface area contributed by atoms with Gasteiger partial charge in [-0.25, -0.2) is 4.79 Å². The largest absolute Gasteiger partial charge is 0.444 e. The van der Waals surface area contributed by atoms with Crippen molar-refractivity contribution in [1.29, 1.82) is 0 Å². The second-order valence-electron chi connectivity index (χ2n) is 5.13. The Kier molecular flexibility index (Phi) is 5.82. The fourth-order valence-corrected chi connectivity index (χ4v) is 2.69. The summed E-state index contributed by atoms with van der Waals surface area (Å²) in [5.74, 6) is -0.773. The van der Waals surface area contributed by atoms with Gasteiger partial charge in [-0.05, 0) is 18.4 Å². The number of carbonyl (C=O) groups is 2. The van der Waals surface area contributed by atoms with Crippen molar-refractivity contribution in [3.05, 3.63) is 65.7 Å². The van der Waals surface area contributed by atoms with E-state index >= 15 is 0 Å². The average molecular weight is 329 g/mol. The van der Waals surface area contributed by atoms with Gasteiger partial charge in [0.25, 0.3) is 5.91 Å². The Labute approximate surface area is 140 Å². The molecule has 1 amide bonds. The molecule has 5 heteroatoms. The van der Waals surface area contributed by atoms with Gasteiger partial charge in [0.15, 0.2) is 0 Å². The number of amides is 1. The predicted molar refractivity (Wildman–Crippen MR) is 91.5 cm³/mol. The number of nitrogens with zero attached hydrogens (tertiary/aromatic N) is 1. The quantitative estimate of drug-likeness (QED) is 0.623. The van der Waals surface area contributed by atoms with Crippen LogP contribution < -0.4 is 0 Å². The van der Waals surface area contributed by atoms with Crippen LogP contribution >= 0.6 is 11.8 Å². The van der Waals surface area contributed by atoms with Crippen LogP contribution in [0, 0.1) is 0 Å². The van der Waals surface area contributed by atoms with Crippen LogP contribution in [-0.2, 0) is 9.53 Å². The van der Waals surface area contributed by atoms with Crippen molar-refractivity contribution in [2.45, 2.75) is 11.0 Å². The summed E-state index contributed by atoms with van der Waals surface area (Å²) >= 11 is 1.47. The molecule has 2 rings (SSSR count). The van der Waals surface area contributed by atoms with Crippen LogP contribution in [0.25, 0.3) is 0 Å². The molecule has 4 nitrogen and oxygen atoms in total. The van der Waals surface area contributed by atoms with Crippen LogP contribution in [0.15, 0.2) is 59.5 Å². The molecule has 0 spiro atoms. The first-order chi connectivity index (χ1) is 11.0. The Bertz CT molecular complexity index is 686. The number of ether oxygens (including phenoxy) is 1. The summed E-state index contributed by atoms with van der Waals surface area (Å²) in [6.07, 6.45) is 0.944. The molecule has 0 heterocycles. The van der Waals surface area contributed by atoms with E-state index in [1.54, 1.807) is 38.4 Å². The molecule has 0 fully saturated rings. The van der Waals surface area contributed by atoms with Crippen molar-refractivity contribution < 1.29 is 14.3 Å². The zero-order chi connectivity index (χ0) is 16.8. The van der Waals surface area contributed by atoms with E-state index in [0.29, 0.717) is 11.1 Å². The van der Waals surface area contributed by atoms with E-state index in [9.17, 15) is 9.59 Å². The van der Waals surface area contributed by atoms with E-state index in [1.807, 2.05) is 36.6 Å². The minimum Gasteiger partial charge on any atom is -0.444 e. The third-order valence-electron chi connectivity index (χ3n) is 3.32. The van der Waals surface area contributed by atoms with E-state index in [0.717, 1.165) is 4.90 Å². The van der Waals surface area contributed by atoms with E-state index in [-0.39, 0.29) is 5.91 Å². The van der Waals surface area contributed by atoms with Crippen molar-refractivity contribution in [3.8, 4) is 0 Å². The fourth-order valence-electron chi connectivity index (χ4n) is 2.11. The lowest BCUT2D eigenvalue weighted by atomic mass is 10.1. The third-order valence-corrected chi connectivity index (χ3v) is 4.11. The number of carbonyl (C=O) groups excluding carboxylic acids is 2. The summed E-state index contributed by atoms with van der Waals surface area (Å²) in [5, 5.41) is 0. The first-order valence-electron chi connectivity index (χ1n) is 7.14. The number of hydrogen-bond acceptors (Lipinski definition) is 4. The maximum Gasteiger partial charge on any atom is 0.340 e. The van der Waals surface area contributed by atoms with Gasteiger partial charge in [-0.2, -0.15) is 0 Å². The maximum absolute atomic E-state index is 12.5. The molecular weight excluding hydrogens is 310 g/mol. The number of hydrogen-bond donors (Lipinski definition) is 0. The van der Waals surface area contributed by atoms with Crippen molar-refractivity contribution in [2.75, 3.05) is 20.4 Å². The molecule has 0 N–H and O–H groups in total. The van der Waals surface area contributed by atoms with Crippen molar-refractivity contribution in [2.24, 2.45) is 0 Å². The Morgan fingerprint density at radius 1 is 1.00 bits per heavy atom. The van der Waals surface area contributed by atoms with Crippen molar-refractivity contribution in [1.82, 2.24) is 4.90 Å².